The van der Waals surface area contributed by atoms with Gasteiger partial charge in [0, 0.05) is 12.6 Å². The summed E-state index contributed by atoms with van der Waals surface area (Å²) in [6, 6.07) is 9.12. The molecule has 0 spiro atoms. The third-order valence-corrected chi connectivity index (χ3v) is 3.28. The van der Waals surface area contributed by atoms with E-state index < -0.39 is 0 Å². The molecule has 3 nitrogen and oxygen atoms in total. The third-order valence-electron chi connectivity index (χ3n) is 3.28. The molecule has 1 aromatic carbocycles. The maximum Gasteiger partial charge on any atom is 0.191 e. The van der Waals surface area contributed by atoms with Crippen LogP contribution in [0, 0.1) is 12.8 Å². The van der Waals surface area contributed by atoms with E-state index in [1.807, 2.05) is 0 Å². The molecule has 2 N–H and O–H groups in total. The summed E-state index contributed by atoms with van der Waals surface area (Å²) in [5.74, 6) is 1.72. The quantitative estimate of drug-likeness (QED) is 0.484. The molecule has 0 heterocycles. The fraction of sp³-hybridized carbons (Fsp3) is 0.533. The number of aryl methyl sites for hydroxylation is 1. The lowest BCUT2D eigenvalue weighted by atomic mass is 10.1. The first-order valence-electron chi connectivity index (χ1n) is 6.79. The van der Waals surface area contributed by atoms with Crippen molar-refractivity contribution in [2.24, 2.45) is 10.9 Å². The van der Waals surface area contributed by atoms with Crippen LogP contribution in [-0.4, -0.2) is 18.5 Å². The van der Waals surface area contributed by atoms with Crippen molar-refractivity contribution in [1.29, 1.82) is 0 Å². The molecular weight excluding hydrogens is 349 g/mol. The van der Waals surface area contributed by atoms with Crippen LogP contribution in [-0.2, 0) is 6.54 Å². The summed E-state index contributed by atoms with van der Waals surface area (Å²) in [7, 11) is 0. The molecule has 2 atom stereocenters. The van der Waals surface area contributed by atoms with Gasteiger partial charge in [0.2, 0.25) is 0 Å². The summed E-state index contributed by atoms with van der Waals surface area (Å²) in [4.78, 5) is 4.63. The lowest BCUT2D eigenvalue weighted by Gasteiger charge is -2.10. The van der Waals surface area contributed by atoms with E-state index in [4.69, 9.17) is 0 Å². The molecule has 1 saturated carbocycles. The van der Waals surface area contributed by atoms with Crippen LogP contribution in [0.1, 0.15) is 31.4 Å². The van der Waals surface area contributed by atoms with E-state index >= 15 is 0 Å². The average molecular weight is 373 g/mol. The number of halogens is 1. The van der Waals surface area contributed by atoms with Crippen LogP contribution in [0.25, 0.3) is 0 Å². The zero-order valence-electron chi connectivity index (χ0n) is 11.9. The summed E-state index contributed by atoms with van der Waals surface area (Å²) < 4.78 is 0. The highest BCUT2D eigenvalue weighted by atomic mass is 127. The largest absolute Gasteiger partial charge is 0.357 e. The minimum absolute atomic E-state index is 0. The van der Waals surface area contributed by atoms with Gasteiger partial charge in [-0.15, -0.1) is 24.0 Å². The van der Waals surface area contributed by atoms with Crippen LogP contribution in [0.2, 0.25) is 0 Å². The van der Waals surface area contributed by atoms with Gasteiger partial charge >= 0.3 is 0 Å². The monoisotopic (exact) mass is 373 g/mol. The third kappa shape index (κ3) is 5.38. The van der Waals surface area contributed by atoms with Crippen molar-refractivity contribution in [3.8, 4) is 0 Å². The molecule has 0 amide bonds. The topological polar surface area (TPSA) is 36.4 Å². The molecular formula is C15H24IN3. The molecule has 4 heteroatoms. The van der Waals surface area contributed by atoms with Gasteiger partial charge in [0.1, 0.15) is 0 Å². The highest BCUT2D eigenvalue weighted by molar-refractivity contribution is 14.0. The lowest BCUT2D eigenvalue weighted by molar-refractivity contribution is 0.766. The Morgan fingerprint density at radius 3 is 2.74 bits per heavy atom. The Kier molecular flexibility index (Phi) is 6.62. The highest BCUT2D eigenvalue weighted by Gasteiger charge is 2.33. The van der Waals surface area contributed by atoms with Crippen molar-refractivity contribution in [1.82, 2.24) is 10.6 Å². The van der Waals surface area contributed by atoms with E-state index in [2.05, 4.69) is 60.7 Å². The average Bonchev–Trinajstić information content (AvgIpc) is 3.02. The Bertz CT molecular complexity index is 431. The SMILES string of the molecule is CCNC(=NCc1cccc(C)c1)NC1CC1C.I. The summed E-state index contributed by atoms with van der Waals surface area (Å²) in [5, 5.41) is 6.76. The number of rotatable bonds is 4. The maximum atomic E-state index is 4.63. The number of benzene rings is 1. The fourth-order valence-corrected chi connectivity index (χ4v) is 2.00. The van der Waals surface area contributed by atoms with Gasteiger partial charge in [-0.3, -0.25) is 0 Å². The molecule has 0 radical (unpaired) electrons. The van der Waals surface area contributed by atoms with Crippen LogP contribution >= 0.6 is 24.0 Å². The van der Waals surface area contributed by atoms with E-state index in [1.54, 1.807) is 0 Å². The molecule has 1 fully saturated rings. The minimum Gasteiger partial charge on any atom is -0.357 e. The summed E-state index contributed by atoms with van der Waals surface area (Å²) in [6.45, 7) is 8.11. The molecule has 0 aliphatic heterocycles. The first-order valence-corrected chi connectivity index (χ1v) is 6.79. The standard InChI is InChI=1S/C15H23N3.HI/c1-4-16-15(18-14-9-12(14)3)17-10-13-7-5-6-11(2)8-13;/h5-8,12,14H,4,9-10H2,1-3H3,(H2,16,17,18);1H. The van der Waals surface area contributed by atoms with Gasteiger partial charge in [-0.05, 0) is 31.7 Å². The second-order valence-corrected chi connectivity index (χ2v) is 5.15. The summed E-state index contributed by atoms with van der Waals surface area (Å²) in [5.41, 5.74) is 2.55. The lowest BCUT2D eigenvalue weighted by Crippen LogP contribution is -2.39. The smallest absolute Gasteiger partial charge is 0.191 e. The van der Waals surface area contributed by atoms with Crippen LogP contribution in [0.15, 0.2) is 29.3 Å². The number of aliphatic imine (C=N–C) groups is 1. The predicted molar refractivity (Wildman–Crippen MR) is 92.1 cm³/mol. The van der Waals surface area contributed by atoms with Gasteiger partial charge < -0.3 is 10.6 Å². The van der Waals surface area contributed by atoms with Crippen LogP contribution in [0.5, 0.6) is 0 Å². The Morgan fingerprint density at radius 1 is 1.42 bits per heavy atom. The van der Waals surface area contributed by atoms with Crippen LogP contribution < -0.4 is 10.6 Å². The van der Waals surface area contributed by atoms with Gasteiger partial charge in [0.15, 0.2) is 5.96 Å². The molecule has 1 aliphatic rings. The zero-order valence-corrected chi connectivity index (χ0v) is 14.3. The minimum atomic E-state index is 0. The zero-order chi connectivity index (χ0) is 13.0. The second kappa shape index (κ2) is 7.72. The molecule has 0 saturated heterocycles. The van der Waals surface area contributed by atoms with Gasteiger partial charge in [0.25, 0.3) is 0 Å². The van der Waals surface area contributed by atoms with E-state index in [9.17, 15) is 0 Å². The molecule has 19 heavy (non-hydrogen) atoms. The normalized spacial score (nSPS) is 21.5. The van der Waals surface area contributed by atoms with Crippen LogP contribution in [0.4, 0.5) is 0 Å². The molecule has 2 unspecified atom stereocenters. The first-order chi connectivity index (χ1) is 8.69. The highest BCUT2D eigenvalue weighted by Crippen LogP contribution is 2.28. The van der Waals surface area contributed by atoms with Gasteiger partial charge in [-0.2, -0.15) is 0 Å². The van der Waals surface area contributed by atoms with Crippen molar-refractivity contribution in [2.45, 2.75) is 39.8 Å². The number of nitrogens with one attached hydrogen (secondary N) is 2. The fourth-order valence-electron chi connectivity index (χ4n) is 2.00. The van der Waals surface area contributed by atoms with Crippen molar-refractivity contribution < 1.29 is 0 Å². The summed E-state index contributed by atoms with van der Waals surface area (Å²) in [6.07, 6.45) is 1.26. The van der Waals surface area contributed by atoms with Crippen molar-refractivity contribution in [3.63, 3.8) is 0 Å². The Labute approximate surface area is 133 Å². The predicted octanol–water partition coefficient (Wildman–Crippen LogP) is 3.08. The number of hydrogen-bond acceptors (Lipinski definition) is 1. The Morgan fingerprint density at radius 2 is 2.16 bits per heavy atom. The number of guanidine groups is 1. The van der Waals surface area contributed by atoms with Gasteiger partial charge in [-0.25, -0.2) is 4.99 Å². The maximum absolute atomic E-state index is 4.63. The van der Waals surface area contributed by atoms with Crippen molar-refractivity contribution in [2.75, 3.05) is 6.54 Å². The van der Waals surface area contributed by atoms with Gasteiger partial charge in [0.05, 0.1) is 6.54 Å². The first kappa shape index (κ1) is 16.3. The Hall–Kier alpha value is -0.780. The molecule has 1 aromatic rings. The van der Waals surface area contributed by atoms with Gasteiger partial charge in [-0.1, -0.05) is 36.8 Å². The van der Waals surface area contributed by atoms with E-state index in [1.165, 1.54) is 17.5 Å². The number of hydrogen-bond donors (Lipinski definition) is 2. The van der Waals surface area contributed by atoms with Crippen LogP contribution in [0.3, 0.4) is 0 Å². The van der Waals surface area contributed by atoms with E-state index in [-0.39, 0.29) is 24.0 Å². The Balaban J connectivity index is 0.00000180. The molecule has 106 valence electrons. The second-order valence-electron chi connectivity index (χ2n) is 5.15. The van der Waals surface area contributed by atoms with E-state index in [0.29, 0.717) is 6.04 Å². The molecule has 0 aromatic heterocycles. The number of nitrogens with zero attached hydrogens (tertiary/aromatic N) is 1. The van der Waals surface area contributed by atoms with Crippen molar-refractivity contribution in [3.05, 3.63) is 35.4 Å². The molecule has 2 rings (SSSR count). The van der Waals surface area contributed by atoms with E-state index in [0.717, 1.165) is 25.0 Å². The molecule has 0 bridgehead atoms. The summed E-state index contributed by atoms with van der Waals surface area (Å²) >= 11 is 0. The molecule has 1 aliphatic carbocycles. The van der Waals surface area contributed by atoms with Crippen molar-refractivity contribution >= 4 is 29.9 Å².